The van der Waals surface area contributed by atoms with Gasteiger partial charge >= 0.3 is 0 Å². The molecule has 142 valence electrons. The Morgan fingerprint density at radius 1 is 1.37 bits per heavy atom. The summed E-state index contributed by atoms with van der Waals surface area (Å²) >= 11 is 4.93. The van der Waals surface area contributed by atoms with Crippen molar-refractivity contribution in [2.45, 2.75) is 32.2 Å². The van der Waals surface area contributed by atoms with Crippen molar-refractivity contribution in [3.8, 4) is 5.75 Å². The maximum absolute atomic E-state index is 13.0. The van der Waals surface area contributed by atoms with Gasteiger partial charge in [-0.1, -0.05) is 17.8 Å². The van der Waals surface area contributed by atoms with Gasteiger partial charge in [0.15, 0.2) is 5.13 Å². The zero-order valence-corrected chi connectivity index (χ0v) is 17.4. The van der Waals surface area contributed by atoms with Gasteiger partial charge in [-0.05, 0) is 47.0 Å². The number of ether oxygens (including phenoxy) is 1. The van der Waals surface area contributed by atoms with Crippen molar-refractivity contribution in [1.82, 2.24) is 9.88 Å². The minimum atomic E-state index is -0.0418. The lowest BCUT2D eigenvalue weighted by Gasteiger charge is -2.26. The summed E-state index contributed by atoms with van der Waals surface area (Å²) in [5, 5.41) is 3.59. The van der Waals surface area contributed by atoms with Gasteiger partial charge in [0.1, 0.15) is 5.75 Å². The number of halogens is 1. The first-order chi connectivity index (χ1) is 13.0. The van der Waals surface area contributed by atoms with Crippen LogP contribution in [-0.2, 0) is 17.8 Å². The minimum absolute atomic E-state index is 0.0418. The molecule has 0 unspecified atom stereocenters. The van der Waals surface area contributed by atoms with Crippen LogP contribution in [0.2, 0.25) is 0 Å². The second-order valence-electron chi connectivity index (χ2n) is 6.83. The standard InChI is InChI=1S/C19H20BrN3O3S/c1-26-12-5-6-14(20)13(9-12)18(25)23-8-7-15-16(10-23)27-19(21-15)22-17(24)11-3-2-4-11/h5-6,9,11H,2-4,7-8,10H2,1H3,(H,21,22,24). The van der Waals surface area contributed by atoms with Crippen LogP contribution in [0.15, 0.2) is 22.7 Å². The summed E-state index contributed by atoms with van der Waals surface area (Å²) in [6.07, 6.45) is 3.76. The maximum Gasteiger partial charge on any atom is 0.255 e. The van der Waals surface area contributed by atoms with Crippen LogP contribution >= 0.6 is 27.3 Å². The van der Waals surface area contributed by atoms with E-state index in [-0.39, 0.29) is 17.7 Å². The molecule has 1 aliphatic carbocycles. The number of anilines is 1. The van der Waals surface area contributed by atoms with Crippen LogP contribution in [-0.4, -0.2) is 35.4 Å². The van der Waals surface area contributed by atoms with Gasteiger partial charge in [0.2, 0.25) is 5.91 Å². The molecule has 1 saturated carbocycles. The first kappa shape index (κ1) is 18.4. The first-order valence-electron chi connectivity index (χ1n) is 8.97. The molecule has 27 heavy (non-hydrogen) atoms. The molecule has 1 fully saturated rings. The highest BCUT2D eigenvalue weighted by molar-refractivity contribution is 9.10. The molecule has 0 saturated heterocycles. The van der Waals surface area contributed by atoms with Gasteiger partial charge in [-0.15, -0.1) is 0 Å². The molecule has 2 aromatic rings. The van der Waals surface area contributed by atoms with E-state index in [2.05, 4.69) is 26.2 Å². The molecule has 4 rings (SSSR count). The highest BCUT2D eigenvalue weighted by Crippen LogP contribution is 2.32. The summed E-state index contributed by atoms with van der Waals surface area (Å²) in [4.78, 5) is 32.5. The van der Waals surface area contributed by atoms with Crippen LogP contribution in [0.3, 0.4) is 0 Å². The van der Waals surface area contributed by atoms with E-state index in [1.54, 1.807) is 13.2 Å². The quantitative estimate of drug-likeness (QED) is 0.768. The molecule has 1 aromatic heterocycles. The number of hydrogen-bond acceptors (Lipinski definition) is 5. The lowest BCUT2D eigenvalue weighted by atomic mass is 9.85. The fourth-order valence-electron chi connectivity index (χ4n) is 3.27. The number of methoxy groups -OCH3 is 1. The summed E-state index contributed by atoms with van der Waals surface area (Å²) in [6.45, 7) is 1.12. The molecule has 6 nitrogen and oxygen atoms in total. The predicted molar refractivity (Wildman–Crippen MR) is 107 cm³/mol. The van der Waals surface area contributed by atoms with Crippen molar-refractivity contribution >= 4 is 44.2 Å². The Morgan fingerprint density at radius 3 is 2.89 bits per heavy atom. The number of benzene rings is 1. The summed E-state index contributed by atoms with van der Waals surface area (Å²) in [5.41, 5.74) is 1.57. The van der Waals surface area contributed by atoms with Crippen molar-refractivity contribution in [3.05, 3.63) is 38.8 Å². The van der Waals surface area contributed by atoms with Gasteiger partial charge in [0, 0.05) is 28.2 Å². The zero-order chi connectivity index (χ0) is 19.0. The molecular weight excluding hydrogens is 430 g/mol. The Balaban J connectivity index is 1.48. The average Bonchev–Trinajstić information content (AvgIpc) is 3.01. The van der Waals surface area contributed by atoms with E-state index in [0.717, 1.165) is 34.3 Å². The SMILES string of the molecule is COc1ccc(Br)c(C(=O)N2CCc3nc(NC(=O)C4CCC4)sc3C2)c1. The number of carbonyl (C=O) groups excluding carboxylic acids is 2. The van der Waals surface area contributed by atoms with Crippen LogP contribution in [0.5, 0.6) is 5.75 Å². The molecule has 2 heterocycles. The zero-order valence-electron chi connectivity index (χ0n) is 15.0. The summed E-state index contributed by atoms with van der Waals surface area (Å²) < 4.78 is 5.98. The predicted octanol–water partition coefficient (Wildman–Crippen LogP) is 3.85. The minimum Gasteiger partial charge on any atom is -0.497 e. The van der Waals surface area contributed by atoms with Gasteiger partial charge in [0.25, 0.3) is 5.91 Å². The van der Waals surface area contributed by atoms with E-state index in [9.17, 15) is 9.59 Å². The first-order valence-corrected chi connectivity index (χ1v) is 10.6. The van der Waals surface area contributed by atoms with Gasteiger partial charge in [-0.2, -0.15) is 0 Å². The fourth-order valence-corrected chi connectivity index (χ4v) is 4.71. The molecule has 1 aromatic carbocycles. The molecule has 8 heteroatoms. The number of nitrogens with one attached hydrogen (secondary N) is 1. The number of thiazole rings is 1. The lowest BCUT2D eigenvalue weighted by Crippen LogP contribution is -2.35. The Morgan fingerprint density at radius 2 is 2.19 bits per heavy atom. The second kappa shape index (κ2) is 7.59. The average molecular weight is 450 g/mol. The summed E-state index contributed by atoms with van der Waals surface area (Å²) in [5.74, 6) is 0.813. The third kappa shape index (κ3) is 3.73. The number of rotatable bonds is 4. The molecule has 1 N–H and O–H groups in total. The fraction of sp³-hybridized carbons (Fsp3) is 0.421. The molecular formula is C19H20BrN3O3S. The normalized spacial score (nSPS) is 16.4. The van der Waals surface area contributed by atoms with Crippen LogP contribution in [0, 0.1) is 5.92 Å². The van der Waals surface area contributed by atoms with Crippen LogP contribution in [0.4, 0.5) is 5.13 Å². The van der Waals surface area contributed by atoms with Crippen molar-refractivity contribution in [1.29, 1.82) is 0 Å². The Kier molecular flexibility index (Phi) is 5.19. The highest BCUT2D eigenvalue weighted by atomic mass is 79.9. The van der Waals surface area contributed by atoms with E-state index in [1.807, 2.05) is 17.0 Å². The summed E-state index contributed by atoms with van der Waals surface area (Å²) in [7, 11) is 1.58. The molecule has 2 amide bonds. The highest BCUT2D eigenvalue weighted by Gasteiger charge is 2.29. The van der Waals surface area contributed by atoms with Gasteiger partial charge in [-0.3, -0.25) is 9.59 Å². The van der Waals surface area contributed by atoms with E-state index >= 15 is 0 Å². The Labute approximate surface area is 170 Å². The largest absolute Gasteiger partial charge is 0.497 e. The number of nitrogens with zero attached hydrogens (tertiary/aromatic N) is 2. The number of hydrogen-bond donors (Lipinski definition) is 1. The monoisotopic (exact) mass is 449 g/mol. The third-order valence-corrected chi connectivity index (χ3v) is 6.82. The van der Waals surface area contributed by atoms with Crippen molar-refractivity contribution < 1.29 is 14.3 Å². The maximum atomic E-state index is 13.0. The van der Waals surface area contributed by atoms with E-state index in [4.69, 9.17) is 4.74 Å². The van der Waals surface area contributed by atoms with Crippen LogP contribution < -0.4 is 10.1 Å². The summed E-state index contributed by atoms with van der Waals surface area (Å²) in [6, 6.07) is 5.39. The smallest absolute Gasteiger partial charge is 0.255 e. The van der Waals surface area contributed by atoms with Gasteiger partial charge in [0.05, 0.1) is 24.9 Å². The molecule has 2 aliphatic rings. The number of amides is 2. The number of aromatic nitrogens is 1. The van der Waals surface area contributed by atoms with Crippen molar-refractivity contribution in [2.24, 2.45) is 5.92 Å². The van der Waals surface area contributed by atoms with E-state index < -0.39 is 0 Å². The lowest BCUT2D eigenvalue weighted by molar-refractivity contribution is -0.122. The van der Waals surface area contributed by atoms with Crippen molar-refractivity contribution in [3.63, 3.8) is 0 Å². The Hall–Kier alpha value is -1.93. The molecule has 0 bridgehead atoms. The van der Waals surface area contributed by atoms with Gasteiger partial charge < -0.3 is 15.0 Å². The van der Waals surface area contributed by atoms with E-state index in [1.165, 1.54) is 11.3 Å². The molecule has 0 radical (unpaired) electrons. The molecule has 1 aliphatic heterocycles. The van der Waals surface area contributed by atoms with Gasteiger partial charge in [-0.25, -0.2) is 4.98 Å². The van der Waals surface area contributed by atoms with Crippen LogP contribution in [0.1, 0.15) is 40.2 Å². The van der Waals surface area contributed by atoms with E-state index in [0.29, 0.717) is 36.0 Å². The topological polar surface area (TPSA) is 71.5 Å². The molecule has 0 spiro atoms. The van der Waals surface area contributed by atoms with Crippen molar-refractivity contribution in [2.75, 3.05) is 19.0 Å². The molecule has 0 atom stereocenters. The number of fused-ring (bicyclic) bond motifs is 1. The number of carbonyl (C=O) groups is 2. The van der Waals surface area contributed by atoms with Crippen LogP contribution in [0.25, 0.3) is 0 Å². The second-order valence-corrected chi connectivity index (χ2v) is 8.77. The third-order valence-electron chi connectivity index (χ3n) is 5.13. The Bertz CT molecular complexity index is 894.